The third-order valence-corrected chi connectivity index (χ3v) is 12.2. The van der Waals surface area contributed by atoms with E-state index in [0.717, 1.165) is 54.3 Å². The Balaban J connectivity index is 1.26. The van der Waals surface area contributed by atoms with Gasteiger partial charge in [0.05, 0.1) is 39.1 Å². The summed E-state index contributed by atoms with van der Waals surface area (Å²) in [6.45, 7) is 16.3. The van der Waals surface area contributed by atoms with Gasteiger partial charge in [0.2, 0.25) is 0 Å². The van der Waals surface area contributed by atoms with Crippen molar-refractivity contribution < 1.29 is 14.2 Å². The summed E-state index contributed by atoms with van der Waals surface area (Å²) < 4.78 is 17.6. The zero-order chi connectivity index (χ0) is 27.2. The maximum atomic E-state index is 6.32. The number of allylic oxidation sites excluding steroid dienone is 1. The van der Waals surface area contributed by atoms with Crippen LogP contribution in [-0.2, 0) is 14.2 Å². The molecule has 4 rings (SSSR count). The van der Waals surface area contributed by atoms with Gasteiger partial charge in [-0.3, -0.25) is 0 Å². The molecule has 4 aliphatic carbocycles. The van der Waals surface area contributed by atoms with Gasteiger partial charge in [-0.15, -0.1) is 0 Å². The average Bonchev–Trinajstić information content (AvgIpc) is 3.25. The van der Waals surface area contributed by atoms with Gasteiger partial charge in [0.25, 0.3) is 0 Å². The predicted octanol–water partition coefficient (Wildman–Crippen LogP) is 8.81. The molecule has 0 bridgehead atoms. The van der Waals surface area contributed by atoms with Gasteiger partial charge in [0.1, 0.15) is 0 Å². The first-order valence-electron chi connectivity index (χ1n) is 16.2. The lowest BCUT2D eigenvalue weighted by Crippen LogP contribution is -2.51. The molecule has 0 aromatic rings. The Kier molecular flexibility index (Phi) is 11.6. The molecular weight excluding hydrogens is 488 g/mol. The van der Waals surface area contributed by atoms with Crippen molar-refractivity contribution in [2.24, 2.45) is 46.3 Å². The molecule has 0 aliphatic heterocycles. The van der Waals surface area contributed by atoms with E-state index in [1.165, 1.54) is 64.2 Å². The average molecular weight is 549 g/mol. The number of ether oxygens (including phenoxy) is 3. The maximum Gasteiger partial charge on any atom is 0.0704 e. The van der Waals surface area contributed by atoms with Crippen LogP contribution in [0.15, 0.2) is 11.6 Å². The summed E-state index contributed by atoms with van der Waals surface area (Å²) in [5.41, 5.74) is 2.73. The molecule has 0 amide bonds. The third-order valence-electron chi connectivity index (χ3n) is 11.6. The second-order valence-corrected chi connectivity index (χ2v) is 15.2. The van der Waals surface area contributed by atoms with Crippen LogP contribution in [0.5, 0.6) is 0 Å². The molecule has 38 heavy (non-hydrogen) atoms. The molecule has 0 heterocycles. The van der Waals surface area contributed by atoms with Gasteiger partial charge in [0.15, 0.2) is 0 Å². The molecule has 3 nitrogen and oxygen atoms in total. The van der Waals surface area contributed by atoms with Gasteiger partial charge in [-0.05, 0) is 104 Å². The van der Waals surface area contributed by atoms with Gasteiger partial charge in [-0.2, -0.15) is 11.8 Å². The van der Waals surface area contributed by atoms with E-state index in [1.807, 2.05) is 11.8 Å². The van der Waals surface area contributed by atoms with Crippen LogP contribution >= 0.6 is 11.8 Å². The third kappa shape index (κ3) is 7.05. The van der Waals surface area contributed by atoms with Gasteiger partial charge < -0.3 is 14.2 Å². The van der Waals surface area contributed by atoms with Gasteiger partial charge in [0, 0.05) is 5.75 Å². The van der Waals surface area contributed by atoms with Crippen LogP contribution in [0.2, 0.25) is 0 Å². The van der Waals surface area contributed by atoms with Gasteiger partial charge in [-0.25, -0.2) is 0 Å². The highest BCUT2D eigenvalue weighted by Gasteiger charge is 2.59. The fourth-order valence-corrected chi connectivity index (χ4v) is 9.82. The molecule has 0 unspecified atom stereocenters. The highest BCUT2D eigenvalue weighted by atomic mass is 32.2. The van der Waals surface area contributed by atoms with Gasteiger partial charge >= 0.3 is 0 Å². The van der Waals surface area contributed by atoms with Crippen molar-refractivity contribution in [2.75, 3.05) is 45.0 Å². The van der Waals surface area contributed by atoms with E-state index in [1.54, 1.807) is 5.57 Å². The topological polar surface area (TPSA) is 27.7 Å². The summed E-state index contributed by atoms with van der Waals surface area (Å²) in [5.74, 6) is 6.51. The summed E-state index contributed by atoms with van der Waals surface area (Å²) in [4.78, 5) is 0. The number of rotatable bonds is 15. The Morgan fingerprint density at radius 2 is 1.66 bits per heavy atom. The molecule has 0 aromatic carbocycles. The number of fused-ring (bicyclic) bond motifs is 5. The molecule has 3 saturated carbocycles. The monoisotopic (exact) mass is 548 g/mol. The smallest absolute Gasteiger partial charge is 0.0704 e. The molecule has 0 aromatic heterocycles. The minimum atomic E-state index is 0.378. The first-order chi connectivity index (χ1) is 18.3. The van der Waals surface area contributed by atoms with Crippen molar-refractivity contribution in [2.45, 2.75) is 111 Å². The largest absolute Gasteiger partial charge is 0.378 e. The first-order valence-corrected chi connectivity index (χ1v) is 17.6. The lowest BCUT2D eigenvalue weighted by molar-refractivity contribution is -0.0687. The first kappa shape index (κ1) is 30.9. The van der Waals surface area contributed by atoms with Crippen LogP contribution in [0, 0.1) is 46.3 Å². The molecule has 0 radical (unpaired) electrons. The van der Waals surface area contributed by atoms with Crippen LogP contribution in [0.3, 0.4) is 0 Å². The maximum absolute atomic E-state index is 6.32. The molecule has 8 atom stereocenters. The van der Waals surface area contributed by atoms with Crippen molar-refractivity contribution in [1.29, 1.82) is 0 Å². The molecule has 4 aliphatic rings. The van der Waals surface area contributed by atoms with Crippen molar-refractivity contribution in [3.05, 3.63) is 11.6 Å². The number of hydrogen-bond acceptors (Lipinski definition) is 4. The fourth-order valence-electron chi connectivity index (χ4n) is 9.53. The normalized spacial score (nSPS) is 37.4. The van der Waals surface area contributed by atoms with E-state index in [4.69, 9.17) is 14.2 Å². The highest BCUT2D eigenvalue weighted by molar-refractivity contribution is 7.98. The summed E-state index contributed by atoms with van der Waals surface area (Å²) in [7, 11) is 0. The summed E-state index contributed by atoms with van der Waals surface area (Å²) in [6, 6.07) is 0. The highest BCUT2D eigenvalue weighted by Crippen LogP contribution is 2.67. The lowest BCUT2D eigenvalue weighted by atomic mass is 9.47. The summed E-state index contributed by atoms with van der Waals surface area (Å²) in [6.07, 6.45) is 20.4. The minimum Gasteiger partial charge on any atom is -0.378 e. The standard InChI is InChI=1S/C34H60O3S/c1-25(2)8-7-9-26(3)30-12-13-31-29-11-10-27-24-28(37-21-20-35-18-19-36-22-23-38-6)14-16-33(27,4)32(29)15-17-34(30,31)5/h10,25-26,28-32H,7-9,11-24H2,1-6H3/t26-,28+,29+,30-,31+,32+,33+,34-/m1/s1. The van der Waals surface area contributed by atoms with Crippen LogP contribution in [0.4, 0.5) is 0 Å². The molecule has 220 valence electrons. The van der Waals surface area contributed by atoms with E-state index in [2.05, 4.69) is 47.0 Å². The van der Waals surface area contributed by atoms with Crippen molar-refractivity contribution in [3.8, 4) is 0 Å². The van der Waals surface area contributed by atoms with E-state index in [0.29, 0.717) is 43.4 Å². The van der Waals surface area contributed by atoms with Crippen molar-refractivity contribution in [3.63, 3.8) is 0 Å². The Morgan fingerprint density at radius 3 is 2.42 bits per heavy atom. The SMILES string of the molecule is CSCCOCCOCCO[C@H]1CC[C@@]2(C)C(=CC[C@H]3[C@@H]4CC[C@H]([C@H](C)CCCC(C)C)[C@@]4(C)CC[C@@H]32)C1. The minimum absolute atomic E-state index is 0.378. The second-order valence-electron chi connectivity index (χ2n) is 14.2. The fraction of sp³-hybridized carbons (Fsp3) is 0.941. The van der Waals surface area contributed by atoms with E-state index < -0.39 is 0 Å². The van der Waals surface area contributed by atoms with Crippen LogP contribution in [0.1, 0.15) is 105 Å². The zero-order valence-electron chi connectivity index (χ0n) is 25.8. The molecule has 0 spiro atoms. The van der Waals surface area contributed by atoms with Crippen LogP contribution in [-0.4, -0.2) is 51.1 Å². The van der Waals surface area contributed by atoms with E-state index >= 15 is 0 Å². The Hall–Kier alpha value is -0.0300. The molecule has 0 saturated heterocycles. The molecule has 0 N–H and O–H groups in total. The van der Waals surface area contributed by atoms with Crippen molar-refractivity contribution in [1.82, 2.24) is 0 Å². The van der Waals surface area contributed by atoms with E-state index in [9.17, 15) is 0 Å². The van der Waals surface area contributed by atoms with Crippen LogP contribution < -0.4 is 0 Å². The van der Waals surface area contributed by atoms with E-state index in [-0.39, 0.29) is 0 Å². The van der Waals surface area contributed by atoms with Crippen molar-refractivity contribution >= 4 is 11.8 Å². The quantitative estimate of drug-likeness (QED) is 0.151. The van der Waals surface area contributed by atoms with Gasteiger partial charge in [-0.1, -0.05) is 65.5 Å². The molecule has 3 fully saturated rings. The summed E-state index contributed by atoms with van der Waals surface area (Å²) in [5, 5.41) is 0. The van der Waals surface area contributed by atoms with Crippen LogP contribution in [0.25, 0.3) is 0 Å². The second kappa shape index (κ2) is 14.2. The number of hydrogen-bond donors (Lipinski definition) is 0. The molecular formula is C34H60O3S. The molecule has 4 heteroatoms. The lowest BCUT2D eigenvalue weighted by Gasteiger charge is -2.58. The predicted molar refractivity (Wildman–Crippen MR) is 163 cm³/mol. The number of thioether (sulfide) groups is 1. The Labute approximate surface area is 240 Å². The Bertz CT molecular complexity index is 752. The zero-order valence-corrected chi connectivity index (χ0v) is 26.6. The summed E-state index contributed by atoms with van der Waals surface area (Å²) >= 11 is 1.82. The Morgan fingerprint density at radius 1 is 0.895 bits per heavy atom.